The Kier molecular flexibility index (Phi) is 3.59. The molecule has 0 unspecified atom stereocenters. The van der Waals surface area contributed by atoms with Crippen LogP contribution in [0.3, 0.4) is 0 Å². The first-order chi connectivity index (χ1) is 8.81. The molecule has 0 spiro atoms. The molecular formula is C15H18ClNO2. The summed E-state index contributed by atoms with van der Waals surface area (Å²) in [6, 6.07) is 5.64. The number of benzene rings is 1. The van der Waals surface area contributed by atoms with Gasteiger partial charge in [0.05, 0.1) is 0 Å². The number of carbonyl (C=O) groups is 1. The number of carbonyl (C=O) groups excluding carboxylic acids is 1. The van der Waals surface area contributed by atoms with Gasteiger partial charge in [-0.25, -0.2) is 4.79 Å². The summed E-state index contributed by atoms with van der Waals surface area (Å²) < 4.78 is 6.99. The number of aryl methyl sites for hydroxylation is 1. The maximum Gasteiger partial charge on any atom is 0.418 e. The predicted molar refractivity (Wildman–Crippen MR) is 78.0 cm³/mol. The smallest absolute Gasteiger partial charge is 0.418 e. The van der Waals surface area contributed by atoms with Gasteiger partial charge in [-0.3, -0.25) is 4.57 Å². The Morgan fingerprint density at radius 2 is 2.05 bits per heavy atom. The first kappa shape index (κ1) is 13.9. The number of ether oxygens (including phenoxy) is 1. The molecule has 0 aliphatic carbocycles. The quantitative estimate of drug-likeness (QED) is 0.761. The zero-order valence-corrected chi connectivity index (χ0v) is 12.4. The fraction of sp³-hybridized carbons (Fsp3) is 0.400. The predicted octanol–water partition coefficient (Wildman–Crippen LogP) is 4.64. The van der Waals surface area contributed by atoms with Crippen LogP contribution < -0.4 is 0 Å². The highest BCUT2D eigenvalue weighted by Gasteiger charge is 2.20. The van der Waals surface area contributed by atoms with E-state index in [1.54, 1.807) is 10.8 Å². The van der Waals surface area contributed by atoms with E-state index < -0.39 is 5.60 Å². The second kappa shape index (κ2) is 4.89. The molecule has 0 saturated heterocycles. The molecule has 1 aromatic carbocycles. The minimum absolute atomic E-state index is 0.350. The molecule has 0 radical (unpaired) electrons. The van der Waals surface area contributed by atoms with Gasteiger partial charge in [0.25, 0.3) is 0 Å². The molecule has 0 bridgehead atoms. The second-order valence-electron chi connectivity index (χ2n) is 5.51. The molecule has 1 aromatic heterocycles. The van der Waals surface area contributed by atoms with Crippen LogP contribution in [0.4, 0.5) is 4.79 Å². The lowest BCUT2D eigenvalue weighted by atomic mass is 10.1. The highest BCUT2D eigenvalue weighted by atomic mass is 35.5. The topological polar surface area (TPSA) is 31.2 Å². The van der Waals surface area contributed by atoms with Gasteiger partial charge in [0.2, 0.25) is 0 Å². The largest absolute Gasteiger partial charge is 0.443 e. The lowest BCUT2D eigenvalue weighted by molar-refractivity contribution is 0.0534. The van der Waals surface area contributed by atoms with Crippen LogP contribution in [-0.4, -0.2) is 16.3 Å². The first-order valence-corrected chi connectivity index (χ1v) is 6.72. The number of rotatable bonds is 1. The third-order valence-corrected chi connectivity index (χ3v) is 3.04. The number of hydrogen-bond acceptors (Lipinski definition) is 2. The number of nitrogens with zero attached hydrogens (tertiary/aromatic N) is 1. The average Bonchev–Trinajstić information content (AvgIpc) is 2.64. The number of halogens is 1. The molecule has 0 atom stereocenters. The van der Waals surface area contributed by atoms with Crippen LogP contribution in [0, 0.1) is 0 Å². The van der Waals surface area contributed by atoms with Crippen molar-refractivity contribution in [3.05, 3.63) is 35.1 Å². The molecule has 2 rings (SSSR count). The number of aromatic nitrogens is 1. The SMILES string of the molecule is CCc1c2ccc(Cl)cc2cn1C(=O)OC(C)(C)C. The fourth-order valence-corrected chi connectivity index (χ4v) is 2.27. The molecule has 0 saturated carbocycles. The normalized spacial score (nSPS) is 11.8. The summed E-state index contributed by atoms with van der Waals surface area (Å²) in [5.74, 6) is 0. The van der Waals surface area contributed by atoms with Crippen molar-refractivity contribution in [3.63, 3.8) is 0 Å². The Hall–Kier alpha value is -1.48. The highest BCUT2D eigenvalue weighted by Crippen LogP contribution is 2.26. The Balaban J connectivity index is 2.51. The van der Waals surface area contributed by atoms with Crippen molar-refractivity contribution in [3.8, 4) is 0 Å². The summed E-state index contributed by atoms with van der Waals surface area (Å²) in [7, 11) is 0. The molecular weight excluding hydrogens is 262 g/mol. The molecule has 3 nitrogen and oxygen atoms in total. The van der Waals surface area contributed by atoms with Crippen molar-refractivity contribution in [1.82, 2.24) is 4.57 Å². The van der Waals surface area contributed by atoms with E-state index in [4.69, 9.17) is 16.3 Å². The van der Waals surface area contributed by atoms with Crippen molar-refractivity contribution < 1.29 is 9.53 Å². The van der Waals surface area contributed by atoms with Crippen LogP contribution in [-0.2, 0) is 11.2 Å². The van der Waals surface area contributed by atoms with Gasteiger partial charge in [-0.2, -0.15) is 0 Å². The Morgan fingerprint density at radius 3 is 2.63 bits per heavy atom. The van der Waals surface area contributed by atoms with Crippen molar-refractivity contribution in [2.45, 2.75) is 39.7 Å². The molecule has 102 valence electrons. The van der Waals surface area contributed by atoms with Gasteiger partial charge in [-0.05, 0) is 39.3 Å². The van der Waals surface area contributed by atoms with Crippen molar-refractivity contribution in [2.24, 2.45) is 0 Å². The van der Waals surface area contributed by atoms with Gasteiger partial charge in [0.1, 0.15) is 5.60 Å². The van der Waals surface area contributed by atoms with Crippen molar-refractivity contribution >= 4 is 28.5 Å². The van der Waals surface area contributed by atoms with Crippen LogP contribution in [0.15, 0.2) is 24.4 Å². The monoisotopic (exact) mass is 279 g/mol. The molecule has 1 heterocycles. The van der Waals surface area contributed by atoms with E-state index in [1.165, 1.54) is 0 Å². The van der Waals surface area contributed by atoms with E-state index in [9.17, 15) is 4.79 Å². The van der Waals surface area contributed by atoms with E-state index in [0.717, 1.165) is 22.9 Å². The van der Waals surface area contributed by atoms with Crippen LogP contribution in [0.1, 0.15) is 33.4 Å². The van der Waals surface area contributed by atoms with Crippen molar-refractivity contribution in [1.29, 1.82) is 0 Å². The third kappa shape index (κ3) is 2.92. The highest BCUT2D eigenvalue weighted by molar-refractivity contribution is 6.31. The lowest BCUT2D eigenvalue weighted by Gasteiger charge is -2.20. The molecule has 0 aliphatic heterocycles. The number of fused-ring (bicyclic) bond motifs is 1. The summed E-state index contributed by atoms with van der Waals surface area (Å²) >= 11 is 5.98. The summed E-state index contributed by atoms with van der Waals surface area (Å²) in [5, 5.41) is 2.66. The Morgan fingerprint density at radius 1 is 1.37 bits per heavy atom. The van der Waals surface area contributed by atoms with Crippen molar-refractivity contribution in [2.75, 3.05) is 0 Å². The minimum Gasteiger partial charge on any atom is -0.443 e. The van der Waals surface area contributed by atoms with E-state index in [2.05, 4.69) is 0 Å². The van der Waals surface area contributed by atoms with Crippen LogP contribution in [0.25, 0.3) is 10.8 Å². The summed E-state index contributed by atoms with van der Waals surface area (Å²) in [5.41, 5.74) is 0.442. The van der Waals surface area contributed by atoms with Crippen LogP contribution in [0.5, 0.6) is 0 Å². The third-order valence-electron chi connectivity index (χ3n) is 2.81. The molecule has 4 heteroatoms. The van der Waals surface area contributed by atoms with Gasteiger partial charge >= 0.3 is 6.09 Å². The van der Waals surface area contributed by atoms with Gasteiger partial charge < -0.3 is 4.74 Å². The first-order valence-electron chi connectivity index (χ1n) is 6.34. The van der Waals surface area contributed by atoms with Gasteiger partial charge in [-0.15, -0.1) is 0 Å². The fourth-order valence-electron chi connectivity index (χ4n) is 2.08. The van der Waals surface area contributed by atoms with E-state index in [1.807, 2.05) is 45.9 Å². The average molecular weight is 280 g/mol. The zero-order chi connectivity index (χ0) is 14.2. The summed E-state index contributed by atoms with van der Waals surface area (Å²) in [4.78, 5) is 12.2. The molecule has 0 aliphatic rings. The van der Waals surface area contributed by atoms with E-state index >= 15 is 0 Å². The minimum atomic E-state index is -0.504. The van der Waals surface area contributed by atoms with Crippen LogP contribution >= 0.6 is 11.6 Å². The second-order valence-corrected chi connectivity index (χ2v) is 5.95. The van der Waals surface area contributed by atoms with E-state index in [0.29, 0.717) is 5.02 Å². The van der Waals surface area contributed by atoms with Crippen LogP contribution in [0.2, 0.25) is 5.02 Å². The Bertz CT molecular complexity index is 623. The lowest BCUT2D eigenvalue weighted by Crippen LogP contribution is -2.27. The van der Waals surface area contributed by atoms with E-state index in [-0.39, 0.29) is 6.09 Å². The maximum absolute atomic E-state index is 12.2. The molecule has 0 fully saturated rings. The van der Waals surface area contributed by atoms with Gasteiger partial charge in [0, 0.05) is 27.7 Å². The standard InChI is InChI=1S/C15H18ClNO2/c1-5-13-12-7-6-11(16)8-10(12)9-17(13)14(18)19-15(2,3)4/h6-9H,5H2,1-4H3. The molecule has 19 heavy (non-hydrogen) atoms. The summed E-state index contributed by atoms with van der Waals surface area (Å²) in [6.07, 6.45) is 2.19. The maximum atomic E-state index is 12.2. The number of hydrogen-bond donors (Lipinski definition) is 0. The van der Waals surface area contributed by atoms with Gasteiger partial charge in [0.15, 0.2) is 0 Å². The zero-order valence-electron chi connectivity index (χ0n) is 11.7. The summed E-state index contributed by atoms with van der Waals surface area (Å²) in [6.45, 7) is 7.59. The molecule has 2 aromatic rings. The van der Waals surface area contributed by atoms with Gasteiger partial charge in [-0.1, -0.05) is 24.6 Å². The Labute approximate surface area is 118 Å². The molecule has 0 amide bonds. The molecule has 0 N–H and O–H groups in total.